The average Bonchev–Trinajstić information content (AvgIpc) is 2.72. The number of benzene rings is 1. The van der Waals surface area contributed by atoms with E-state index in [2.05, 4.69) is 0 Å². The van der Waals surface area contributed by atoms with E-state index in [1.54, 1.807) is 0 Å². The van der Waals surface area contributed by atoms with Crippen LogP contribution in [-0.4, -0.2) is 12.8 Å². The van der Waals surface area contributed by atoms with E-state index in [4.69, 9.17) is 22.1 Å². The Hall–Kier alpha value is -1.22. The third-order valence-electron chi connectivity index (χ3n) is 2.19. The monoisotopic (exact) mass is 182 g/mol. The second-order valence-electron chi connectivity index (χ2n) is 3.16. The maximum absolute atomic E-state index is 7.96. The summed E-state index contributed by atoms with van der Waals surface area (Å²) in [5.74, 6) is -0.136. The molecular weight excluding hydrogens is 166 g/mol. The summed E-state index contributed by atoms with van der Waals surface area (Å²) in [4.78, 5) is 0. The molecule has 1 aliphatic heterocycles. The first-order valence-electron chi connectivity index (χ1n) is 6.52. The van der Waals surface area contributed by atoms with Crippen molar-refractivity contribution in [2.24, 2.45) is 5.73 Å². The lowest BCUT2D eigenvalue weighted by Crippen LogP contribution is -2.19. The fourth-order valence-electron chi connectivity index (χ4n) is 1.60. The quantitative estimate of drug-likeness (QED) is 0.646. The predicted molar refractivity (Wildman–Crippen MR) is 47.9 cm³/mol. The second kappa shape index (κ2) is 2.39. The predicted octanol–water partition coefficient (Wildman–Crippen LogP) is 0.841. The van der Waals surface area contributed by atoms with Crippen molar-refractivity contribution in [2.45, 2.75) is 18.9 Å². The van der Waals surface area contributed by atoms with Crippen LogP contribution in [0.1, 0.15) is 18.0 Å². The first-order valence-corrected chi connectivity index (χ1v) is 4.02. The van der Waals surface area contributed by atoms with Gasteiger partial charge in [0.1, 0.15) is 2.74 Å². The summed E-state index contributed by atoms with van der Waals surface area (Å²) in [6, 6.07) is -1.28. The first-order chi connectivity index (χ1) is 8.20. The minimum atomic E-state index is -2.34. The second-order valence-corrected chi connectivity index (χ2v) is 3.16. The standard InChI is InChI=1S/C10H11NO2/c11-8-1-6-3-9-10(13-5-12-9)4-7(6)2-8/h3-4,8H,1-2,5,11H2/i3D,4D,5D2,8D. The highest BCUT2D eigenvalue weighted by molar-refractivity contribution is 5.50. The van der Waals surface area contributed by atoms with Crippen molar-refractivity contribution in [3.63, 3.8) is 0 Å². The molecule has 2 N–H and O–H groups in total. The molecule has 1 heterocycles. The molecular formula is C10H11NO2. The molecule has 0 fully saturated rings. The Kier molecular flexibility index (Phi) is 0.713. The fourth-order valence-corrected chi connectivity index (χ4v) is 1.60. The SMILES string of the molecule is [2H]c1c2c(c([2H])c3c1OC([2H])([2H])O3)CC([2H])(N)C2. The van der Waals surface area contributed by atoms with E-state index in [1.165, 1.54) is 0 Å². The van der Waals surface area contributed by atoms with Crippen molar-refractivity contribution < 1.29 is 16.3 Å². The fraction of sp³-hybridized carbons (Fsp3) is 0.400. The number of hydrogen-bond donors (Lipinski definition) is 1. The molecule has 0 atom stereocenters. The van der Waals surface area contributed by atoms with Gasteiger partial charge in [0.05, 0.1) is 2.74 Å². The van der Waals surface area contributed by atoms with Crippen LogP contribution in [0.25, 0.3) is 0 Å². The van der Waals surface area contributed by atoms with Crippen LogP contribution in [0.3, 0.4) is 0 Å². The molecule has 0 saturated heterocycles. The molecule has 13 heavy (non-hydrogen) atoms. The first kappa shape index (κ1) is 3.88. The van der Waals surface area contributed by atoms with Gasteiger partial charge >= 0.3 is 0 Å². The number of rotatable bonds is 0. The lowest BCUT2D eigenvalue weighted by atomic mass is 10.1. The Morgan fingerprint density at radius 1 is 1.38 bits per heavy atom. The van der Waals surface area contributed by atoms with Gasteiger partial charge in [0.2, 0.25) is 6.75 Å². The van der Waals surface area contributed by atoms with Gasteiger partial charge in [-0.2, -0.15) is 0 Å². The molecule has 0 unspecified atom stereocenters. The number of nitrogens with two attached hydrogens (primary N) is 1. The highest BCUT2D eigenvalue weighted by Gasteiger charge is 2.23. The maximum atomic E-state index is 7.96. The third kappa shape index (κ3) is 1.00. The summed E-state index contributed by atoms with van der Waals surface area (Å²) >= 11 is 0. The molecule has 0 radical (unpaired) electrons. The maximum Gasteiger partial charge on any atom is 0.231 e. The van der Waals surface area contributed by atoms with Crippen LogP contribution < -0.4 is 15.2 Å². The Morgan fingerprint density at radius 2 is 1.92 bits per heavy atom. The normalized spacial score (nSPS) is 31.0. The van der Waals surface area contributed by atoms with Gasteiger partial charge in [0.15, 0.2) is 11.5 Å². The van der Waals surface area contributed by atoms with Crippen LogP contribution >= 0.6 is 0 Å². The third-order valence-corrected chi connectivity index (χ3v) is 2.19. The summed E-state index contributed by atoms with van der Waals surface area (Å²) in [6.45, 7) is -2.34. The zero-order valence-electron chi connectivity index (χ0n) is 11.8. The van der Waals surface area contributed by atoms with Gasteiger partial charge in [-0.05, 0) is 36.1 Å². The van der Waals surface area contributed by atoms with Gasteiger partial charge in [0.25, 0.3) is 0 Å². The zero-order valence-corrected chi connectivity index (χ0v) is 6.81. The van der Waals surface area contributed by atoms with Crippen molar-refractivity contribution in [3.05, 3.63) is 23.2 Å². The van der Waals surface area contributed by atoms with Crippen LogP contribution in [-0.2, 0) is 12.8 Å². The van der Waals surface area contributed by atoms with Crippen molar-refractivity contribution in [1.82, 2.24) is 0 Å². The lowest BCUT2D eigenvalue weighted by molar-refractivity contribution is 0.174. The van der Waals surface area contributed by atoms with Crippen molar-refractivity contribution in [3.8, 4) is 11.5 Å². The summed E-state index contributed by atoms with van der Waals surface area (Å²) in [7, 11) is 0. The number of hydrogen-bond acceptors (Lipinski definition) is 3. The summed E-state index contributed by atoms with van der Waals surface area (Å²) in [5.41, 5.74) is 6.69. The largest absolute Gasteiger partial charge is 0.454 e. The van der Waals surface area contributed by atoms with Gasteiger partial charge in [-0.3, -0.25) is 0 Å². The van der Waals surface area contributed by atoms with Crippen molar-refractivity contribution in [1.29, 1.82) is 0 Å². The Bertz CT molecular complexity index is 468. The molecule has 1 aliphatic carbocycles. The smallest absolute Gasteiger partial charge is 0.231 e. The minimum absolute atomic E-state index is 0.0306. The molecule has 3 rings (SSSR count). The van der Waals surface area contributed by atoms with E-state index in [9.17, 15) is 0 Å². The molecule has 1 aromatic rings. The lowest BCUT2D eigenvalue weighted by Gasteiger charge is -2.00. The van der Waals surface area contributed by atoms with Crippen molar-refractivity contribution in [2.75, 3.05) is 6.75 Å². The van der Waals surface area contributed by atoms with E-state index in [-0.39, 0.29) is 36.4 Å². The minimum Gasteiger partial charge on any atom is -0.454 e. The molecule has 68 valence electrons. The Morgan fingerprint density at radius 3 is 2.46 bits per heavy atom. The average molecular weight is 182 g/mol. The molecule has 0 amide bonds. The molecule has 0 spiro atoms. The van der Waals surface area contributed by atoms with Gasteiger partial charge < -0.3 is 15.2 Å². The molecule has 2 aliphatic rings. The van der Waals surface area contributed by atoms with Crippen LogP contribution in [0.2, 0.25) is 0 Å². The highest BCUT2D eigenvalue weighted by atomic mass is 16.7. The van der Waals surface area contributed by atoms with Gasteiger partial charge in [-0.25, -0.2) is 0 Å². The zero-order chi connectivity index (χ0) is 13.3. The molecule has 0 aromatic heterocycles. The van der Waals surface area contributed by atoms with Crippen LogP contribution in [0, 0.1) is 0 Å². The highest BCUT2D eigenvalue weighted by Crippen LogP contribution is 2.37. The van der Waals surface area contributed by atoms with Crippen LogP contribution in [0.5, 0.6) is 11.5 Å². The molecule has 3 nitrogen and oxygen atoms in total. The Balaban J connectivity index is 2.20. The summed E-state index contributed by atoms with van der Waals surface area (Å²) in [6.07, 6.45) is 0.319. The summed E-state index contributed by atoms with van der Waals surface area (Å²) < 4.78 is 48.3. The van der Waals surface area contributed by atoms with E-state index in [1.807, 2.05) is 0 Å². The Labute approximate surface area is 83.5 Å². The molecule has 3 heteroatoms. The molecule has 0 saturated carbocycles. The van der Waals surface area contributed by atoms with Crippen LogP contribution in [0.4, 0.5) is 0 Å². The van der Waals surface area contributed by atoms with Gasteiger partial charge in [-0.1, -0.05) is 0 Å². The van der Waals surface area contributed by atoms with E-state index >= 15 is 0 Å². The number of fused-ring (bicyclic) bond motifs is 2. The van der Waals surface area contributed by atoms with E-state index in [0.717, 1.165) is 0 Å². The number of ether oxygens (including phenoxy) is 2. The molecule has 1 aromatic carbocycles. The van der Waals surface area contributed by atoms with Gasteiger partial charge in [-0.15, -0.1) is 0 Å². The van der Waals surface area contributed by atoms with Gasteiger partial charge in [0, 0.05) is 7.39 Å². The van der Waals surface area contributed by atoms with E-state index < -0.39 is 12.8 Å². The topological polar surface area (TPSA) is 44.5 Å². The van der Waals surface area contributed by atoms with E-state index in [0.29, 0.717) is 11.1 Å². The van der Waals surface area contributed by atoms with Crippen molar-refractivity contribution >= 4 is 0 Å². The summed E-state index contributed by atoms with van der Waals surface area (Å²) in [5, 5.41) is 0. The van der Waals surface area contributed by atoms with Crippen LogP contribution in [0.15, 0.2) is 12.1 Å². The molecule has 0 bridgehead atoms.